The molecule has 4 nitrogen and oxygen atoms in total. The van der Waals surface area contributed by atoms with Gasteiger partial charge in [0.1, 0.15) is 6.10 Å². The molecule has 0 aromatic rings. The molecule has 1 amide bonds. The van der Waals surface area contributed by atoms with Crippen molar-refractivity contribution < 1.29 is 14.7 Å². The van der Waals surface area contributed by atoms with E-state index in [9.17, 15) is 9.59 Å². The fraction of sp³-hybridized carbons (Fsp3) is 0.667. The number of hydrogen-bond donors (Lipinski definition) is 2. The zero-order chi connectivity index (χ0) is 7.94. The van der Waals surface area contributed by atoms with Gasteiger partial charge in [-0.1, -0.05) is 0 Å². The lowest BCUT2D eigenvalue weighted by Crippen LogP contribution is -2.42. The predicted octanol–water partition coefficient (Wildman–Crippen LogP) is -1.18. The number of carbonyl (C=O) groups excluding carboxylic acids is 2. The Kier molecular flexibility index (Phi) is 1.29. The van der Waals surface area contributed by atoms with Crippen molar-refractivity contribution in [1.29, 1.82) is 0 Å². The summed E-state index contributed by atoms with van der Waals surface area (Å²) in [6, 6.07) is 0. The molecule has 56 valence electrons. The van der Waals surface area contributed by atoms with Crippen LogP contribution in [-0.4, -0.2) is 28.4 Å². The molecule has 1 atom stereocenters. The first-order chi connectivity index (χ1) is 4.45. The van der Waals surface area contributed by atoms with Crippen molar-refractivity contribution in [2.75, 3.05) is 0 Å². The standard InChI is InChI=1S/C6H9NO3/c1-6(2)4(9)3(8)5(10)7-6/h4,9H,1-2H3,(H,7,10). The molecule has 1 rings (SSSR count). The molecule has 2 N–H and O–H groups in total. The van der Waals surface area contributed by atoms with Gasteiger partial charge in [-0.25, -0.2) is 0 Å². The van der Waals surface area contributed by atoms with E-state index in [1.807, 2.05) is 0 Å². The van der Waals surface area contributed by atoms with E-state index in [1.54, 1.807) is 13.8 Å². The topological polar surface area (TPSA) is 66.4 Å². The summed E-state index contributed by atoms with van der Waals surface area (Å²) in [5, 5.41) is 11.4. The van der Waals surface area contributed by atoms with Gasteiger partial charge in [0.25, 0.3) is 11.7 Å². The van der Waals surface area contributed by atoms with Crippen LogP contribution in [0.15, 0.2) is 0 Å². The second kappa shape index (κ2) is 1.79. The summed E-state index contributed by atoms with van der Waals surface area (Å²) in [6.45, 7) is 3.20. The molecule has 1 saturated heterocycles. The van der Waals surface area contributed by atoms with Gasteiger partial charge in [-0.3, -0.25) is 9.59 Å². The summed E-state index contributed by atoms with van der Waals surface area (Å²) in [5.74, 6) is -1.44. The molecular weight excluding hydrogens is 134 g/mol. The lowest BCUT2D eigenvalue weighted by molar-refractivity contribution is -0.138. The maximum atomic E-state index is 10.7. The van der Waals surface area contributed by atoms with Crippen LogP contribution >= 0.6 is 0 Å². The summed E-state index contributed by atoms with van der Waals surface area (Å²) < 4.78 is 0. The van der Waals surface area contributed by atoms with Crippen molar-refractivity contribution in [1.82, 2.24) is 5.32 Å². The first-order valence-electron chi connectivity index (χ1n) is 2.99. The lowest BCUT2D eigenvalue weighted by Gasteiger charge is -2.19. The highest BCUT2D eigenvalue weighted by Gasteiger charge is 2.45. The van der Waals surface area contributed by atoms with Gasteiger partial charge in [-0.15, -0.1) is 0 Å². The largest absolute Gasteiger partial charge is 0.382 e. The highest BCUT2D eigenvalue weighted by atomic mass is 16.3. The fourth-order valence-corrected chi connectivity index (χ4v) is 0.874. The summed E-state index contributed by atoms with van der Waals surface area (Å²) in [5.41, 5.74) is -0.797. The molecule has 1 heterocycles. The number of Topliss-reactive ketones (excluding diaryl/α,β-unsaturated/α-hetero) is 1. The molecular formula is C6H9NO3. The molecule has 10 heavy (non-hydrogen) atoms. The third-order valence-corrected chi connectivity index (χ3v) is 1.59. The number of hydrogen-bond acceptors (Lipinski definition) is 3. The molecule has 0 aliphatic carbocycles. The highest BCUT2D eigenvalue weighted by Crippen LogP contribution is 2.15. The van der Waals surface area contributed by atoms with E-state index in [0.29, 0.717) is 0 Å². The lowest BCUT2D eigenvalue weighted by atomic mass is 10.00. The number of nitrogens with one attached hydrogen (secondary N) is 1. The summed E-state index contributed by atoms with van der Waals surface area (Å²) in [6.07, 6.45) is -1.19. The highest BCUT2D eigenvalue weighted by molar-refractivity contribution is 6.40. The average Bonchev–Trinajstić information content (AvgIpc) is 1.95. The number of ketones is 1. The van der Waals surface area contributed by atoms with Gasteiger partial charge in [0.05, 0.1) is 5.54 Å². The first-order valence-corrected chi connectivity index (χ1v) is 2.99. The van der Waals surface area contributed by atoms with Crippen LogP contribution in [0.25, 0.3) is 0 Å². The quantitative estimate of drug-likeness (QED) is 0.420. The van der Waals surface area contributed by atoms with Gasteiger partial charge in [0.2, 0.25) is 0 Å². The van der Waals surface area contributed by atoms with Crippen LogP contribution in [0.2, 0.25) is 0 Å². The van der Waals surface area contributed by atoms with E-state index in [1.165, 1.54) is 0 Å². The van der Waals surface area contributed by atoms with Crippen molar-refractivity contribution in [3.8, 4) is 0 Å². The maximum Gasteiger partial charge on any atom is 0.290 e. The van der Waals surface area contributed by atoms with E-state index >= 15 is 0 Å². The molecule has 0 radical (unpaired) electrons. The summed E-state index contributed by atoms with van der Waals surface area (Å²) in [4.78, 5) is 21.2. The Morgan fingerprint density at radius 2 is 2.00 bits per heavy atom. The SMILES string of the molecule is CC1(C)NC(=O)C(=O)C1O. The second-order valence-electron chi connectivity index (χ2n) is 2.94. The van der Waals surface area contributed by atoms with Gasteiger partial charge < -0.3 is 10.4 Å². The minimum atomic E-state index is -1.19. The van der Waals surface area contributed by atoms with Gasteiger partial charge in [-0.2, -0.15) is 0 Å². The fourth-order valence-electron chi connectivity index (χ4n) is 0.874. The summed E-state index contributed by atoms with van der Waals surface area (Å²) in [7, 11) is 0. The zero-order valence-corrected chi connectivity index (χ0v) is 5.84. The smallest absolute Gasteiger partial charge is 0.290 e. The van der Waals surface area contributed by atoms with Gasteiger partial charge in [0, 0.05) is 0 Å². The molecule has 1 fully saturated rings. The molecule has 4 heteroatoms. The molecule has 0 aromatic carbocycles. The summed E-state index contributed by atoms with van der Waals surface area (Å²) >= 11 is 0. The van der Waals surface area contributed by atoms with Crippen LogP contribution in [0.5, 0.6) is 0 Å². The van der Waals surface area contributed by atoms with E-state index in [4.69, 9.17) is 5.11 Å². The van der Waals surface area contributed by atoms with Crippen LogP contribution in [-0.2, 0) is 9.59 Å². The van der Waals surface area contributed by atoms with Crippen LogP contribution in [0.1, 0.15) is 13.8 Å². The van der Waals surface area contributed by atoms with Gasteiger partial charge >= 0.3 is 0 Å². The third kappa shape index (κ3) is 0.806. The molecule has 0 saturated carbocycles. The predicted molar refractivity (Wildman–Crippen MR) is 33.2 cm³/mol. The number of aliphatic hydroxyl groups excluding tert-OH is 1. The average molecular weight is 143 g/mol. The third-order valence-electron chi connectivity index (χ3n) is 1.59. The Morgan fingerprint density at radius 3 is 2.10 bits per heavy atom. The van der Waals surface area contributed by atoms with E-state index in [-0.39, 0.29) is 0 Å². The van der Waals surface area contributed by atoms with Crippen LogP contribution in [0.4, 0.5) is 0 Å². The molecule has 1 unspecified atom stereocenters. The minimum Gasteiger partial charge on any atom is -0.382 e. The first kappa shape index (κ1) is 7.21. The van der Waals surface area contributed by atoms with Gasteiger partial charge in [0.15, 0.2) is 0 Å². The van der Waals surface area contributed by atoms with Crippen LogP contribution in [0.3, 0.4) is 0 Å². The number of amides is 1. The molecule has 0 aromatic heterocycles. The van der Waals surface area contributed by atoms with E-state index in [0.717, 1.165) is 0 Å². The van der Waals surface area contributed by atoms with E-state index < -0.39 is 23.3 Å². The number of rotatable bonds is 0. The maximum absolute atomic E-state index is 10.7. The van der Waals surface area contributed by atoms with Crippen molar-refractivity contribution in [2.24, 2.45) is 0 Å². The van der Waals surface area contributed by atoms with Crippen LogP contribution < -0.4 is 5.32 Å². The van der Waals surface area contributed by atoms with Crippen molar-refractivity contribution in [3.63, 3.8) is 0 Å². The van der Waals surface area contributed by atoms with Crippen molar-refractivity contribution in [3.05, 3.63) is 0 Å². The Bertz CT molecular complexity index is 197. The second-order valence-corrected chi connectivity index (χ2v) is 2.94. The van der Waals surface area contributed by atoms with Crippen molar-refractivity contribution in [2.45, 2.75) is 25.5 Å². The number of carbonyl (C=O) groups is 2. The molecule has 1 aliphatic rings. The molecule has 0 spiro atoms. The van der Waals surface area contributed by atoms with Crippen LogP contribution in [0, 0.1) is 0 Å². The van der Waals surface area contributed by atoms with Crippen molar-refractivity contribution >= 4 is 11.7 Å². The Hall–Kier alpha value is -0.900. The molecule has 1 aliphatic heterocycles. The Labute approximate surface area is 58.2 Å². The van der Waals surface area contributed by atoms with Gasteiger partial charge in [-0.05, 0) is 13.8 Å². The Morgan fingerprint density at radius 1 is 1.50 bits per heavy atom. The Balaban J connectivity index is 2.92. The minimum absolute atomic E-state index is 0.697. The van der Waals surface area contributed by atoms with E-state index in [2.05, 4.69) is 5.32 Å². The zero-order valence-electron chi connectivity index (χ0n) is 5.84. The normalized spacial score (nSPS) is 30.5. The number of aliphatic hydroxyl groups is 1. The molecule has 0 bridgehead atoms. The monoisotopic (exact) mass is 143 g/mol.